The Morgan fingerprint density at radius 3 is 2.94 bits per heavy atom. The highest BCUT2D eigenvalue weighted by Crippen LogP contribution is 2.16. The molecule has 0 aliphatic carbocycles. The number of carboxylic acids is 1. The van der Waals surface area contributed by atoms with Gasteiger partial charge in [-0.25, -0.2) is 0 Å². The van der Waals surface area contributed by atoms with Crippen LogP contribution in [0, 0.1) is 5.92 Å². The molecule has 2 rings (SSSR count). The van der Waals surface area contributed by atoms with E-state index in [1.165, 1.54) is 5.56 Å². The average molecular weight is 234 g/mol. The maximum absolute atomic E-state index is 10.9. The zero-order chi connectivity index (χ0) is 12.1. The van der Waals surface area contributed by atoms with Gasteiger partial charge < -0.3 is 10.0 Å². The van der Waals surface area contributed by atoms with E-state index in [1.54, 1.807) is 12.4 Å². The van der Waals surface area contributed by atoms with E-state index in [1.807, 2.05) is 12.1 Å². The molecule has 1 aromatic rings. The Bertz CT molecular complexity index is 367. The molecule has 0 saturated carbocycles. The van der Waals surface area contributed by atoms with Gasteiger partial charge in [-0.1, -0.05) is 0 Å². The smallest absolute Gasteiger partial charge is 0.307 e. The average Bonchev–Trinajstić information content (AvgIpc) is 2.38. The van der Waals surface area contributed by atoms with Crippen molar-refractivity contribution >= 4 is 5.97 Å². The van der Waals surface area contributed by atoms with E-state index >= 15 is 0 Å². The van der Waals surface area contributed by atoms with E-state index in [4.69, 9.17) is 5.11 Å². The molecule has 4 nitrogen and oxygen atoms in total. The van der Waals surface area contributed by atoms with Crippen LogP contribution in [0.1, 0.15) is 18.4 Å². The first-order chi connectivity index (χ1) is 8.25. The van der Waals surface area contributed by atoms with Gasteiger partial charge in [0.2, 0.25) is 0 Å². The number of carboxylic acid groups (broad SMARTS) is 1. The molecule has 1 N–H and O–H groups in total. The van der Waals surface area contributed by atoms with Crippen LogP contribution in [0.3, 0.4) is 0 Å². The number of carbonyl (C=O) groups is 1. The summed E-state index contributed by atoms with van der Waals surface area (Å²) < 4.78 is 0. The molecule has 0 spiro atoms. The summed E-state index contributed by atoms with van der Waals surface area (Å²) in [5.41, 5.74) is 1.26. The fourth-order valence-electron chi connectivity index (χ4n) is 2.30. The van der Waals surface area contributed by atoms with Crippen LogP contribution in [0.15, 0.2) is 24.5 Å². The van der Waals surface area contributed by atoms with Gasteiger partial charge >= 0.3 is 5.97 Å². The van der Waals surface area contributed by atoms with Gasteiger partial charge in [-0.15, -0.1) is 0 Å². The van der Waals surface area contributed by atoms with Gasteiger partial charge in [-0.05, 0) is 43.5 Å². The van der Waals surface area contributed by atoms with Gasteiger partial charge in [0.25, 0.3) is 0 Å². The van der Waals surface area contributed by atoms with E-state index in [0.717, 1.165) is 32.4 Å². The number of aromatic nitrogens is 1. The third-order valence-electron chi connectivity index (χ3n) is 3.32. The van der Waals surface area contributed by atoms with Crippen molar-refractivity contribution in [3.63, 3.8) is 0 Å². The summed E-state index contributed by atoms with van der Waals surface area (Å²) in [5.74, 6) is -0.834. The van der Waals surface area contributed by atoms with E-state index < -0.39 is 5.97 Å². The summed E-state index contributed by atoms with van der Waals surface area (Å²) in [6, 6.07) is 4.03. The van der Waals surface area contributed by atoms with Crippen molar-refractivity contribution < 1.29 is 9.90 Å². The number of piperidine rings is 1. The van der Waals surface area contributed by atoms with Crippen LogP contribution in [-0.4, -0.2) is 40.6 Å². The molecule has 0 amide bonds. The van der Waals surface area contributed by atoms with Crippen molar-refractivity contribution in [3.8, 4) is 0 Å². The number of likely N-dealkylation sites (tertiary alicyclic amines) is 1. The van der Waals surface area contributed by atoms with Crippen molar-refractivity contribution in [2.75, 3.05) is 19.6 Å². The third-order valence-corrected chi connectivity index (χ3v) is 3.32. The van der Waals surface area contributed by atoms with Crippen molar-refractivity contribution in [2.45, 2.75) is 19.3 Å². The molecule has 1 aromatic heterocycles. The highest BCUT2D eigenvalue weighted by Gasteiger charge is 2.24. The summed E-state index contributed by atoms with van der Waals surface area (Å²) in [7, 11) is 0. The topological polar surface area (TPSA) is 53.4 Å². The molecule has 1 unspecified atom stereocenters. The number of nitrogens with zero attached hydrogens (tertiary/aromatic N) is 2. The molecule has 2 heterocycles. The Kier molecular flexibility index (Phi) is 4.09. The molecule has 17 heavy (non-hydrogen) atoms. The largest absolute Gasteiger partial charge is 0.481 e. The Morgan fingerprint density at radius 1 is 1.47 bits per heavy atom. The molecule has 92 valence electrons. The van der Waals surface area contributed by atoms with Gasteiger partial charge in [0.05, 0.1) is 5.92 Å². The molecule has 1 aliphatic heterocycles. The summed E-state index contributed by atoms with van der Waals surface area (Å²) in [6.45, 7) is 2.66. The van der Waals surface area contributed by atoms with E-state index in [0.29, 0.717) is 6.54 Å². The van der Waals surface area contributed by atoms with Gasteiger partial charge in [0.15, 0.2) is 0 Å². The second kappa shape index (κ2) is 5.77. The Balaban J connectivity index is 1.81. The SMILES string of the molecule is O=C(O)C1CCCN(CCc2ccncc2)C1. The highest BCUT2D eigenvalue weighted by molar-refractivity contribution is 5.70. The van der Waals surface area contributed by atoms with Crippen LogP contribution in [-0.2, 0) is 11.2 Å². The number of hydrogen-bond acceptors (Lipinski definition) is 3. The fourth-order valence-corrected chi connectivity index (χ4v) is 2.30. The van der Waals surface area contributed by atoms with Crippen LogP contribution < -0.4 is 0 Å². The minimum absolute atomic E-state index is 0.179. The minimum atomic E-state index is -0.654. The summed E-state index contributed by atoms with van der Waals surface area (Å²) in [4.78, 5) is 17.2. The van der Waals surface area contributed by atoms with Crippen LogP contribution in [0.4, 0.5) is 0 Å². The first-order valence-electron chi connectivity index (χ1n) is 6.10. The van der Waals surface area contributed by atoms with E-state index in [9.17, 15) is 4.79 Å². The molecular formula is C13H18N2O2. The Hall–Kier alpha value is -1.42. The lowest BCUT2D eigenvalue weighted by atomic mass is 9.98. The third kappa shape index (κ3) is 3.53. The molecule has 0 aromatic carbocycles. The normalized spacial score (nSPS) is 21.3. The first-order valence-corrected chi connectivity index (χ1v) is 6.10. The first kappa shape index (κ1) is 12.0. The van der Waals surface area contributed by atoms with Gasteiger partial charge in [0, 0.05) is 25.5 Å². The van der Waals surface area contributed by atoms with Crippen LogP contribution in [0.2, 0.25) is 0 Å². The number of pyridine rings is 1. The molecule has 1 atom stereocenters. The predicted molar refractivity (Wildman–Crippen MR) is 64.7 cm³/mol. The lowest BCUT2D eigenvalue weighted by Crippen LogP contribution is -2.39. The Labute approximate surface area is 101 Å². The summed E-state index contributed by atoms with van der Waals surface area (Å²) in [6.07, 6.45) is 6.38. The summed E-state index contributed by atoms with van der Waals surface area (Å²) >= 11 is 0. The van der Waals surface area contributed by atoms with Crippen LogP contribution in [0.25, 0.3) is 0 Å². The number of aliphatic carboxylic acids is 1. The standard InChI is InChI=1S/C13H18N2O2/c16-13(17)12-2-1-8-15(10-12)9-5-11-3-6-14-7-4-11/h3-4,6-7,12H,1-2,5,8-10H2,(H,16,17). The van der Waals surface area contributed by atoms with Gasteiger partial charge in [-0.3, -0.25) is 9.78 Å². The molecule has 0 radical (unpaired) electrons. The van der Waals surface area contributed by atoms with Crippen molar-refractivity contribution in [1.29, 1.82) is 0 Å². The molecule has 1 aliphatic rings. The molecule has 4 heteroatoms. The highest BCUT2D eigenvalue weighted by atomic mass is 16.4. The fraction of sp³-hybridized carbons (Fsp3) is 0.538. The summed E-state index contributed by atoms with van der Waals surface area (Å²) in [5, 5.41) is 9.01. The number of rotatable bonds is 4. The second-order valence-electron chi connectivity index (χ2n) is 4.58. The van der Waals surface area contributed by atoms with Crippen LogP contribution in [0.5, 0.6) is 0 Å². The lowest BCUT2D eigenvalue weighted by Gasteiger charge is -2.30. The molecule has 1 fully saturated rings. The van der Waals surface area contributed by atoms with Crippen molar-refractivity contribution in [2.24, 2.45) is 5.92 Å². The predicted octanol–water partition coefficient (Wildman–Crippen LogP) is 1.42. The molecule has 0 bridgehead atoms. The Morgan fingerprint density at radius 2 is 2.24 bits per heavy atom. The molecular weight excluding hydrogens is 216 g/mol. The zero-order valence-electron chi connectivity index (χ0n) is 9.88. The maximum Gasteiger partial charge on any atom is 0.307 e. The maximum atomic E-state index is 10.9. The van der Waals surface area contributed by atoms with E-state index in [2.05, 4.69) is 9.88 Å². The zero-order valence-corrected chi connectivity index (χ0v) is 9.88. The number of hydrogen-bond donors (Lipinski definition) is 1. The molecule has 1 saturated heterocycles. The second-order valence-corrected chi connectivity index (χ2v) is 4.58. The van der Waals surface area contributed by atoms with Crippen molar-refractivity contribution in [1.82, 2.24) is 9.88 Å². The monoisotopic (exact) mass is 234 g/mol. The van der Waals surface area contributed by atoms with Crippen LogP contribution >= 0.6 is 0 Å². The minimum Gasteiger partial charge on any atom is -0.481 e. The van der Waals surface area contributed by atoms with Gasteiger partial charge in [-0.2, -0.15) is 0 Å². The van der Waals surface area contributed by atoms with Crippen molar-refractivity contribution in [3.05, 3.63) is 30.1 Å². The lowest BCUT2D eigenvalue weighted by molar-refractivity contribution is -0.143. The van der Waals surface area contributed by atoms with Gasteiger partial charge in [0.1, 0.15) is 0 Å². The van der Waals surface area contributed by atoms with E-state index in [-0.39, 0.29) is 5.92 Å². The quantitative estimate of drug-likeness (QED) is 0.856.